The van der Waals surface area contributed by atoms with E-state index >= 15 is 0 Å². The Hall–Kier alpha value is -2.05. The molecule has 2 saturated carbocycles. The van der Waals surface area contributed by atoms with Gasteiger partial charge in [-0.2, -0.15) is 13.2 Å². The Morgan fingerprint density at radius 3 is 2.35 bits per heavy atom. The van der Waals surface area contributed by atoms with Crippen LogP contribution in [0.15, 0.2) is 24.3 Å². The summed E-state index contributed by atoms with van der Waals surface area (Å²) in [5, 5.41) is 11.9. The van der Waals surface area contributed by atoms with Crippen LogP contribution in [0.1, 0.15) is 49.7 Å². The summed E-state index contributed by atoms with van der Waals surface area (Å²) >= 11 is 0. The number of carbonyl (C=O) groups is 2. The number of hydrogen-bond acceptors (Lipinski definition) is 2. The van der Waals surface area contributed by atoms with Gasteiger partial charge >= 0.3 is 12.1 Å². The van der Waals surface area contributed by atoms with Crippen molar-refractivity contribution < 1.29 is 27.9 Å². The number of rotatable bonds is 5. The molecule has 0 bridgehead atoms. The molecule has 2 aliphatic carbocycles. The number of carboxylic acid groups (broad SMARTS) is 1. The van der Waals surface area contributed by atoms with Crippen molar-refractivity contribution in [3.63, 3.8) is 0 Å². The second kappa shape index (κ2) is 6.93. The van der Waals surface area contributed by atoms with Gasteiger partial charge in [-0.1, -0.05) is 31.0 Å². The van der Waals surface area contributed by atoms with Crippen molar-refractivity contribution in [2.75, 3.05) is 6.54 Å². The molecule has 0 spiro atoms. The highest BCUT2D eigenvalue weighted by Gasteiger charge is 2.43. The van der Waals surface area contributed by atoms with Crippen LogP contribution in [0.4, 0.5) is 13.2 Å². The first kappa shape index (κ1) is 18.7. The lowest BCUT2D eigenvalue weighted by Crippen LogP contribution is -2.47. The van der Waals surface area contributed by atoms with E-state index in [9.17, 15) is 22.8 Å². The molecule has 3 rings (SSSR count). The van der Waals surface area contributed by atoms with Gasteiger partial charge in [0.25, 0.3) is 0 Å². The molecule has 2 fully saturated rings. The van der Waals surface area contributed by atoms with E-state index in [2.05, 4.69) is 5.32 Å². The molecular formula is C19H22F3NO3. The SMILES string of the molecule is O=C(O)C1CCC1C(=O)NCC1(c2cccc(C(F)(F)F)c2)CCCC1. The van der Waals surface area contributed by atoms with Crippen LogP contribution in [-0.4, -0.2) is 23.5 Å². The summed E-state index contributed by atoms with van der Waals surface area (Å²) in [7, 11) is 0. The molecule has 7 heteroatoms. The van der Waals surface area contributed by atoms with Crippen molar-refractivity contribution >= 4 is 11.9 Å². The van der Waals surface area contributed by atoms with Crippen LogP contribution in [0, 0.1) is 11.8 Å². The van der Waals surface area contributed by atoms with Gasteiger partial charge in [0.05, 0.1) is 17.4 Å². The number of benzene rings is 1. The zero-order valence-electron chi connectivity index (χ0n) is 14.3. The van der Waals surface area contributed by atoms with Gasteiger partial charge in [-0.25, -0.2) is 0 Å². The van der Waals surface area contributed by atoms with Gasteiger partial charge in [-0.3, -0.25) is 9.59 Å². The lowest BCUT2D eigenvalue weighted by molar-refractivity contribution is -0.152. The minimum absolute atomic E-state index is 0.246. The van der Waals surface area contributed by atoms with Gasteiger partial charge in [0, 0.05) is 12.0 Å². The second-order valence-electron chi connectivity index (χ2n) is 7.41. The van der Waals surface area contributed by atoms with Crippen molar-refractivity contribution in [3.05, 3.63) is 35.4 Å². The Labute approximate surface area is 149 Å². The van der Waals surface area contributed by atoms with Crippen LogP contribution in [-0.2, 0) is 21.2 Å². The number of carboxylic acids is 1. The summed E-state index contributed by atoms with van der Waals surface area (Å²) in [6.07, 6.45) is -0.158. The van der Waals surface area contributed by atoms with Gasteiger partial charge < -0.3 is 10.4 Å². The Balaban J connectivity index is 1.75. The van der Waals surface area contributed by atoms with Crippen LogP contribution < -0.4 is 5.32 Å². The Morgan fingerprint density at radius 2 is 1.81 bits per heavy atom. The molecule has 0 heterocycles. The average Bonchev–Trinajstić information content (AvgIpc) is 3.01. The van der Waals surface area contributed by atoms with E-state index in [0.717, 1.165) is 18.9 Å². The van der Waals surface area contributed by atoms with Crippen molar-refractivity contribution in [1.29, 1.82) is 0 Å². The molecule has 0 saturated heterocycles. The zero-order valence-corrected chi connectivity index (χ0v) is 14.3. The third-order valence-electron chi connectivity index (χ3n) is 5.89. The average molecular weight is 369 g/mol. The molecule has 2 atom stereocenters. The first-order valence-corrected chi connectivity index (χ1v) is 8.91. The fourth-order valence-corrected chi connectivity index (χ4v) is 4.14. The number of alkyl halides is 3. The molecule has 1 aromatic rings. The lowest BCUT2D eigenvalue weighted by atomic mass is 9.72. The van der Waals surface area contributed by atoms with Crippen LogP contribution >= 0.6 is 0 Å². The van der Waals surface area contributed by atoms with E-state index in [1.807, 2.05) is 0 Å². The molecule has 2 aliphatic rings. The summed E-state index contributed by atoms with van der Waals surface area (Å²) < 4.78 is 39.1. The first-order chi connectivity index (χ1) is 12.2. The Bertz CT molecular complexity index is 696. The predicted molar refractivity (Wildman–Crippen MR) is 88.4 cm³/mol. The first-order valence-electron chi connectivity index (χ1n) is 8.91. The molecule has 1 amide bonds. The minimum Gasteiger partial charge on any atom is -0.481 e. The molecule has 142 valence electrons. The second-order valence-corrected chi connectivity index (χ2v) is 7.41. The fourth-order valence-electron chi connectivity index (χ4n) is 4.14. The van der Waals surface area contributed by atoms with E-state index in [1.54, 1.807) is 6.07 Å². The van der Waals surface area contributed by atoms with Gasteiger partial charge in [0.15, 0.2) is 0 Å². The lowest BCUT2D eigenvalue weighted by Gasteiger charge is -2.35. The molecule has 26 heavy (non-hydrogen) atoms. The fraction of sp³-hybridized carbons (Fsp3) is 0.579. The van der Waals surface area contributed by atoms with Gasteiger partial charge in [0.1, 0.15) is 0 Å². The van der Waals surface area contributed by atoms with Crippen molar-refractivity contribution in [3.8, 4) is 0 Å². The molecule has 0 aromatic heterocycles. The molecule has 2 N–H and O–H groups in total. The van der Waals surface area contributed by atoms with Crippen molar-refractivity contribution in [2.45, 2.75) is 50.1 Å². The third kappa shape index (κ3) is 3.57. The van der Waals surface area contributed by atoms with Crippen molar-refractivity contribution in [2.24, 2.45) is 11.8 Å². The van der Waals surface area contributed by atoms with Crippen LogP contribution in [0.5, 0.6) is 0 Å². The quantitative estimate of drug-likeness (QED) is 0.831. The topological polar surface area (TPSA) is 66.4 Å². The number of carbonyl (C=O) groups excluding carboxylic acids is 1. The largest absolute Gasteiger partial charge is 0.481 e. The van der Waals surface area contributed by atoms with E-state index in [1.165, 1.54) is 12.1 Å². The predicted octanol–water partition coefficient (Wildman–Crippen LogP) is 3.74. The van der Waals surface area contributed by atoms with E-state index in [4.69, 9.17) is 5.11 Å². The Kier molecular flexibility index (Phi) is 4.99. The summed E-state index contributed by atoms with van der Waals surface area (Å²) in [6, 6.07) is 5.33. The molecule has 0 radical (unpaired) electrons. The Morgan fingerprint density at radius 1 is 1.15 bits per heavy atom. The van der Waals surface area contributed by atoms with Gasteiger partial charge in [0.2, 0.25) is 5.91 Å². The highest BCUT2D eigenvalue weighted by Crippen LogP contribution is 2.43. The standard InChI is InChI=1S/C19H22F3NO3/c20-19(21,22)13-5-3-4-12(10-13)18(8-1-2-9-18)11-23-16(24)14-6-7-15(14)17(25)26/h3-5,10,14-15H,1-2,6-9,11H2,(H,23,24)(H,25,26). The van der Waals surface area contributed by atoms with E-state index in [-0.39, 0.29) is 12.5 Å². The number of aliphatic carboxylic acids is 1. The maximum Gasteiger partial charge on any atom is 0.416 e. The van der Waals surface area contributed by atoms with Gasteiger partial charge in [-0.05, 0) is 37.3 Å². The smallest absolute Gasteiger partial charge is 0.416 e. The highest BCUT2D eigenvalue weighted by atomic mass is 19.4. The van der Waals surface area contributed by atoms with Gasteiger partial charge in [-0.15, -0.1) is 0 Å². The van der Waals surface area contributed by atoms with E-state index < -0.39 is 35.0 Å². The molecule has 0 aliphatic heterocycles. The summed E-state index contributed by atoms with van der Waals surface area (Å²) in [5.41, 5.74) is -0.606. The third-order valence-corrected chi connectivity index (χ3v) is 5.89. The molecule has 1 aromatic carbocycles. The van der Waals surface area contributed by atoms with Crippen LogP contribution in [0.2, 0.25) is 0 Å². The summed E-state index contributed by atoms with van der Waals surface area (Å²) in [6.45, 7) is 0.246. The highest BCUT2D eigenvalue weighted by molar-refractivity contribution is 5.86. The monoisotopic (exact) mass is 369 g/mol. The number of halogens is 3. The van der Waals surface area contributed by atoms with Crippen LogP contribution in [0.25, 0.3) is 0 Å². The minimum atomic E-state index is -4.40. The molecule has 4 nitrogen and oxygen atoms in total. The maximum absolute atomic E-state index is 13.0. The number of amides is 1. The summed E-state index contributed by atoms with van der Waals surface area (Å²) in [5.74, 6) is -2.46. The number of hydrogen-bond donors (Lipinski definition) is 2. The maximum atomic E-state index is 13.0. The number of nitrogens with one attached hydrogen (secondary N) is 1. The van der Waals surface area contributed by atoms with Crippen LogP contribution in [0.3, 0.4) is 0 Å². The zero-order chi connectivity index (χ0) is 18.9. The summed E-state index contributed by atoms with van der Waals surface area (Å²) in [4.78, 5) is 23.4. The normalized spacial score (nSPS) is 24.7. The molecular weight excluding hydrogens is 347 g/mol. The molecule has 2 unspecified atom stereocenters. The van der Waals surface area contributed by atoms with E-state index in [0.29, 0.717) is 31.2 Å². The van der Waals surface area contributed by atoms with Crippen molar-refractivity contribution in [1.82, 2.24) is 5.32 Å².